The van der Waals surface area contributed by atoms with E-state index in [0.717, 1.165) is 22.3 Å². The molecule has 5 heteroatoms. The summed E-state index contributed by atoms with van der Waals surface area (Å²) in [5.41, 5.74) is 4.09. The summed E-state index contributed by atoms with van der Waals surface area (Å²) in [4.78, 5) is 13.3. The highest BCUT2D eigenvalue weighted by Gasteiger charge is 2.31. The smallest absolute Gasteiger partial charge is 0.173 e. The first-order valence-corrected chi connectivity index (χ1v) is 9.78. The van der Waals surface area contributed by atoms with Crippen LogP contribution in [0.4, 0.5) is 4.39 Å². The number of aryl methyl sites for hydroxylation is 1. The number of methoxy groups -OCH3 is 2. The number of carbonyl (C=O) groups is 1. The predicted octanol–water partition coefficient (Wildman–Crippen LogP) is 5.25. The molecule has 0 aromatic heterocycles. The SMILES string of the molecule is COc1cc(C[C@H]2COc3c(cc(C)cc3-c3ccc(F)cc3)C2=O)cc(OC)c1. The molecule has 1 heterocycles. The lowest BCUT2D eigenvalue weighted by molar-refractivity contribution is 0.0831. The molecule has 1 atom stereocenters. The molecule has 154 valence electrons. The van der Waals surface area contributed by atoms with Crippen molar-refractivity contribution in [3.8, 4) is 28.4 Å². The summed E-state index contributed by atoms with van der Waals surface area (Å²) < 4.78 is 30.1. The van der Waals surface area contributed by atoms with Crippen molar-refractivity contribution in [2.45, 2.75) is 13.3 Å². The first kappa shape index (κ1) is 20.0. The third-order valence-electron chi connectivity index (χ3n) is 5.35. The minimum Gasteiger partial charge on any atom is -0.497 e. The number of rotatable bonds is 5. The highest BCUT2D eigenvalue weighted by Crippen LogP contribution is 2.39. The molecule has 4 nitrogen and oxygen atoms in total. The second-order valence-corrected chi connectivity index (χ2v) is 7.49. The van der Waals surface area contributed by atoms with Crippen LogP contribution in [0.15, 0.2) is 54.6 Å². The Morgan fingerprint density at radius 1 is 0.967 bits per heavy atom. The fraction of sp³-hybridized carbons (Fsp3) is 0.240. The molecule has 1 aliphatic heterocycles. The molecule has 0 N–H and O–H groups in total. The van der Waals surface area contributed by atoms with Gasteiger partial charge in [-0.25, -0.2) is 4.39 Å². The van der Waals surface area contributed by atoms with Crippen LogP contribution in [0, 0.1) is 18.7 Å². The average Bonchev–Trinajstić information content (AvgIpc) is 2.76. The lowest BCUT2D eigenvalue weighted by Gasteiger charge is -2.27. The highest BCUT2D eigenvalue weighted by atomic mass is 19.1. The van der Waals surface area contributed by atoms with Gasteiger partial charge in [0.15, 0.2) is 5.78 Å². The number of halogens is 1. The zero-order chi connectivity index (χ0) is 21.3. The summed E-state index contributed by atoms with van der Waals surface area (Å²) in [7, 11) is 3.20. The second kappa shape index (κ2) is 8.19. The normalized spacial score (nSPS) is 15.3. The molecule has 0 spiro atoms. The first-order chi connectivity index (χ1) is 14.5. The standard InChI is InChI=1S/C25H23FO4/c1-15-8-22(17-4-6-19(26)7-5-17)25-23(9-15)24(27)18(14-30-25)10-16-11-20(28-2)13-21(12-16)29-3/h4-9,11-13,18H,10,14H2,1-3H3/t18-/m0/s1. The average molecular weight is 406 g/mol. The number of benzene rings is 3. The number of ether oxygens (including phenoxy) is 3. The highest BCUT2D eigenvalue weighted by molar-refractivity contribution is 6.03. The van der Waals surface area contributed by atoms with E-state index in [1.54, 1.807) is 32.4 Å². The van der Waals surface area contributed by atoms with E-state index in [4.69, 9.17) is 14.2 Å². The molecule has 3 aromatic rings. The Bertz CT molecular complexity index is 1070. The van der Waals surface area contributed by atoms with Gasteiger partial charge in [0.05, 0.1) is 32.3 Å². The molecule has 4 rings (SSSR count). The molecule has 0 saturated heterocycles. The van der Waals surface area contributed by atoms with Gasteiger partial charge in [-0.15, -0.1) is 0 Å². The van der Waals surface area contributed by atoms with Gasteiger partial charge in [-0.05, 0) is 66.4 Å². The molecular weight excluding hydrogens is 383 g/mol. The summed E-state index contributed by atoms with van der Waals surface area (Å²) in [5, 5.41) is 0. The van der Waals surface area contributed by atoms with E-state index in [1.165, 1.54) is 12.1 Å². The number of fused-ring (bicyclic) bond motifs is 1. The third kappa shape index (κ3) is 3.88. The number of ketones is 1. The van der Waals surface area contributed by atoms with E-state index in [2.05, 4.69) is 0 Å². The van der Waals surface area contributed by atoms with Crippen molar-refractivity contribution in [1.82, 2.24) is 0 Å². The van der Waals surface area contributed by atoms with E-state index >= 15 is 0 Å². The van der Waals surface area contributed by atoms with Crippen LogP contribution in [0.5, 0.6) is 17.2 Å². The molecule has 1 aliphatic rings. The van der Waals surface area contributed by atoms with Crippen molar-refractivity contribution in [1.29, 1.82) is 0 Å². The van der Waals surface area contributed by atoms with Crippen LogP contribution in [-0.2, 0) is 6.42 Å². The molecule has 0 amide bonds. The van der Waals surface area contributed by atoms with Gasteiger partial charge in [-0.2, -0.15) is 0 Å². The first-order valence-electron chi connectivity index (χ1n) is 9.78. The van der Waals surface area contributed by atoms with Crippen LogP contribution >= 0.6 is 0 Å². The van der Waals surface area contributed by atoms with Gasteiger partial charge in [-0.1, -0.05) is 12.1 Å². The second-order valence-electron chi connectivity index (χ2n) is 7.49. The predicted molar refractivity (Wildman–Crippen MR) is 113 cm³/mol. The van der Waals surface area contributed by atoms with Crippen LogP contribution in [0.25, 0.3) is 11.1 Å². The lowest BCUT2D eigenvalue weighted by atomic mass is 9.86. The molecule has 0 aliphatic carbocycles. The van der Waals surface area contributed by atoms with E-state index in [9.17, 15) is 9.18 Å². The van der Waals surface area contributed by atoms with Crippen LogP contribution in [0.1, 0.15) is 21.5 Å². The summed E-state index contributed by atoms with van der Waals surface area (Å²) in [6.45, 7) is 2.22. The monoisotopic (exact) mass is 406 g/mol. The Balaban J connectivity index is 1.67. The molecular formula is C25H23FO4. The van der Waals surface area contributed by atoms with Crippen molar-refractivity contribution >= 4 is 5.78 Å². The van der Waals surface area contributed by atoms with Crippen molar-refractivity contribution in [3.05, 3.63) is 77.1 Å². The van der Waals surface area contributed by atoms with E-state index in [1.807, 2.05) is 31.2 Å². The fourth-order valence-electron chi connectivity index (χ4n) is 3.86. The number of hydrogen-bond acceptors (Lipinski definition) is 4. The maximum Gasteiger partial charge on any atom is 0.173 e. The molecule has 30 heavy (non-hydrogen) atoms. The zero-order valence-corrected chi connectivity index (χ0v) is 17.2. The third-order valence-corrected chi connectivity index (χ3v) is 5.35. The summed E-state index contributed by atoms with van der Waals surface area (Å²) >= 11 is 0. The number of hydrogen-bond donors (Lipinski definition) is 0. The van der Waals surface area contributed by atoms with Crippen molar-refractivity contribution < 1.29 is 23.4 Å². The van der Waals surface area contributed by atoms with Crippen molar-refractivity contribution in [3.63, 3.8) is 0 Å². The largest absolute Gasteiger partial charge is 0.497 e. The quantitative estimate of drug-likeness (QED) is 0.580. The molecule has 0 bridgehead atoms. The fourth-order valence-corrected chi connectivity index (χ4v) is 3.86. The zero-order valence-electron chi connectivity index (χ0n) is 17.2. The molecule has 0 radical (unpaired) electrons. The van der Waals surface area contributed by atoms with Crippen LogP contribution < -0.4 is 14.2 Å². The van der Waals surface area contributed by atoms with Gasteiger partial charge in [-0.3, -0.25) is 4.79 Å². The lowest BCUT2D eigenvalue weighted by Crippen LogP contribution is -2.30. The Morgan fingerprint density at radius 3 is 2.23 bits per heavy atom. The van der Waals surface area contributed by atoms with Crippen LogP contribution in [0.3, 0.4) is 0 Å². The van der Waals surface area contributed by atoms with Gasteiger partial charge >= 0.3 is 0 Å². The van der Waals surface area contributed by atoms with Gasteiger partial charge in [0.2, 0.25) is 0 Å². The Hall–Kier alpha value is -3.34. The van der Waals surface area contributed by atoms with Crippen molar-refractivity contribution in [2.75, 3.05) is 20.8 Å². The summed E-state index contributed by atoms with van der Waals surface area (Å²) in [6, 6.07) is 15.7. The number of Topliss-reactive ketones (excluding diaryl/α,β-unsaturated/α-hetero) is 1. The van der Waals surface area contributed by atoms with Gasteiger partial charge < -0.3 is 14.2 Å². The minimum absolute atomic E-state index is 0.0464. The van der Waals surface area contributed by atoms with E-state index < -0.39 is 0 Å². The topological polar surface area (TPSA) is 44.8 Å². The van der Waals surface area contributed by atoms with Gasteiger partial charge in [0.1, 0.15) is 23.1 Å². The molecule has 3 aromatic carbocycles. The van der Waals surface area contributed by atoms with Crippen molar-refractivity contribution in [2.24, 2.45) is 5.92 Å². The summed E-state index contributed by atoms with van der Waals surface area (Å²) in [5.74, 6) is 1.37. The maximum absolute atomic E-state index is 13.3. The van der Waals surface area contributed by atoms with Gasteiger partial charge in [0, 0.05) is 11.6 Å². The van der Waals surface area contributed by atoms with Crippen LogP contribution in [-0.4, -0.2) is 26.6 Å². The van der Waals surface area contributed by atoms with E-state index in [-0.39, 0.29) is 24.1 Å². The summed E-state index contributed by atoms with van der Waals surface area (Å²) in [6.07, 6.45) is 0.520. The molecule has 0 unspecified atom stereocenters. The van der Waals surface area contributed by atoms with E-state index in [0.29, 0.717) is 29.2 Å². The Morgan fingerprint density at radius 2 is 1.60 bits per heavy atom. The van der Waals surface area contributed by atoms with Gasteiger partial charge in [0.25, 0.3) is 0 Å². The molecule has 0 saturated carbocycles. The maximum atomic E-state index is 13.3. The number of carbonyl (C=O) groups excluding carboxylic acids is 1. The minimum atomic E-state index is -0.308. The Labute approximate surface area is 175 Å². The molecule has 0 fully saturated rings. The Kier molecular flexibility index (Phi) is 5.44. The van der Waals surface area contributed by atoms with Crippen LogP contribution in [0.2, 0.25) is 0 Å².